The van der Waals surface area contributed by atoms with Crippen LogP contribution in [0.15, 0.2) is 36.5 Å². The predicted molar refractivity (Wildman–Crippen MR) is 86.4 cm³/mol. The molecule has 0 aliphatic rings. The Morgan fingerprint density at radius 1 is 1.21 bits per heavy atom. The van der Waals surface area contributed by atoms with E-state index in [9.17, 15) is 18.0 Å². The number of methoxy groups -OCH3 is 1. The monoisotopic (exact) mass is 353 g/mol. The van der Waals surface area contributed by atoms with Crippen molar-refractivity contribution in [2.45, 2.75) is 19.6 Å². The van der Waals surface area contributed by atoms with Crippen LogP contribution in [0.3, 0.4) is 0 Å². The van der Waals surface area contributed by atoms with Crippen molar-refractivity contribution in [3.63, 3.8) is 0 Å². The zero-order valence-electron chi connectivity index (χ0n) is 13.0. The van der Waals surface area contributed by atoms with E-state index in [0.717, 1.165) is 32.8 Å². The molecule has 126 valence electrons. The molecule has 3 nitrogen and oxygen atoms in total. The number of halogens is 3. The van der Waals surface area contributed by atoms with Gasteiger partial charge in [0.1, 0.15) is 0 Å². The number of rotatable bonds is 3. The van der Waals surface area contributed by atoms with Gasteiger partial charge in [-0.05, 0) is 30.7 Å². The van der Waals surface area contributed by atoms with Crippen molar-refractivity contribution >= 4 is 27.5 Å². The minimum Gasteiger partial charge on any atom is -0.465 e. The molecule has 7 heteroatoms. The maximum atomic E-state index is 12.6. The molecule has 24 heavy (non-hydrogen) atoms. The van der Waals surface area contributed by atoms with Crippen LogP contribution in [0, 0.1) is 6.92 Å². The summed E-state index contributed by atoms with van der Waals surface area (Å²) < 4.78 is 45.5. The number of ether oxygens (including phenoxy) is 1. The number of thiophene rings is 1. The highest BCUT2D eigenvalue weighted by Gasteiger charge is 2.30. The van der Waals surface area contributed by atoms with Crippen LogP contribution >= 0.6 is 11.3 Å². The molecule has 0 fully saturated rings. The summed E-state index contributed by atoms with van der Waals surface area (Å²) in [5, 5.41) is 0. The van der Waals surface area contributed by atoms with E-state index in [1.807, 2.05) is 23.8 Å². The number of aryl methyl sites for hydroxylation is 1. The molecule has 0 unspecified atom stereocenters. The first kappa shape index (κ1) is 16.6. The van der Waals surface area contributed by atoms with E-state index in [2.05, 4.69) is 0 Å². The van der Waals surface area contributed by atoms with E-state index in [1.54, 1.807) is 0 Å². The van der Waals surface area contributed by atoms with Crippen LogP contribution in [0.5, 0.6) is 0 Å². The summed E-state index contributed by atoms with van der Waals surface area (Å²) in [6, 6.07) is 6.92. The number of carbonyl (C=O) groups excluding carboxylic acids is 1. The largest absolute Gasteiger partial charge is 0.465 e. The Bertz CT molecular complexity index is 891. The quantitative estimate of drug-likeness (QED) is 0.630. The highest BCUT2D eigenvalue weighted by atomic mass is 32.1. The van der Waals surface area contributed by atoms with Crippen molar-refractivity contribution in [2.24, 2.45) is 0 Å². The Hall–Kier alpha value is -2.28. The number of carbonyl (C=O) groups is 1. The second-order valence-corrected chi connectivity index (χ2v) is 6.63. The normalized spacial score (nSPS) is 11.9. The van der Waals surface area contributed by atoms with E-state index in [0.29, 0.717) is 12.1 Å². The fourth-order valence-electron chi connectivity index (χ4n) is 2.65. The summed E-state index contributed by atoms with van der Waals surface area (Å²) in [7, 11) is 1.33. The van der Waals surface area contributed by atoms with Crippen LogP contribution < -0.4 is 0 Å². The molecule has 0 aliphatic heterocycles. The topological polar surface area (TPSA) is 31.2 Å². The molecule has 3 aromatic rings. The Morgan fingerprint density at radius 3 is 2.46 bits per heavy atom. The number of hydrogen-bond donors (Lipinski definition) is 0. The first-order valence-electron chi connectivity index (χ1n) is 7.14. The average Bonchev–Trinajstić information content (AvgIpc) is 3.05. The minimum atomic E-state index is -4.35. The molecule has 2 aromatic heterocycles. The van der Waals surface area contributed by atoms with Gasteiger partial charge in [-0.1, -0.05) is 12.1 Å². The van der Waals surface area contributed by atoms with Crippen molar-refractivity contribution in [1.29, 1.82) is 0 Å². The van der Waals surface area contributed by atoms with Crippen molar-refractivity contribution in [3.8, 4) is 0 Å². The number of esters is 1. The van der Waals surface area contributed by atoms with Crippen LogP contribution in [0.25, 0.3) is 10.2 Å². The van der Waals surface area contributed by atoms with E-state index >= 15 is 0 Å². The number of alkyl halides is 3. The Morgan fingerprint density at radius 2 is 1.88 bits per heavy atom. The van der Waals surface area contributed by atoms with E-state index in [1.165, 1.54) is 30.6 Å². The molecule has 0 aliphatic carbocycles. The summed E-state index contributed by atoms with van der Waals surface area (Å²) in [5.74, 6) is -0.411. The molecule has 0 N–H and O–H groups in total. The molecule has 0 radical (unpaired) electrons. The molecule has 3 rings (SSSR count). The molecule has 0 bridgehead atoms. The van der Waals surface area contributed by atoms with Gasteiger partial charge in [-0.3, -0.25) is 0 Å². The first-order chi connectivity index (χ1) is 11.3. The van der Waals surface area contributed by atoms with Gasteiger partial charge in [-0.15, -0.1) is 11.3 Å². The summed E-state index contributed by atoms with van der Waals surface area (Å²) in [6.45, 7) is 2.22. The summed E-state index contributed by atoms with van der Waals surface area (Å²) in [6.07, 6.45) is -2.52. The maximum absolute atomic E-state index is 12.6. The van der Waals surface area contributed by atoms with Gasteiger partial charge in [-0.2, -0.15) is 13.2 Å². The summed E-state index contributed by atoms with van der Waals surface area (Å²) in [5.41, 5.74) is 1.31. The van der Waals surface area contributed by atoms with Crippen LogP contribution in [-0.4, -0.2) is 17.6 Å². The lowest BCUT2D eigenvalue weighted by atomic mass is 10.1. The van der Waals surface area contributed by atoms with Crippen LogP contribution in [0.1, 0.15) is 26.4 Å². The second-order valence-electron chi connectivity index (χ2n) is 5.38. The van der Waals surface area contributed by atoms with Crippen LogP contribution in [-0.2, 0) is 17.5 Å². The molecule has 0 spiro atoms. The lowest BCUT2D eigenvalue weighted by molar-refractivity contribution is -0.137. The van der Waals surface area contributed by atoms with Gasteiger partial charge in [0.2, 0.25) is 0 Å². The molecular formula is C17H14F3NO2S. The second kappa shape index (κ2) is 5.98. The number of fused-ring (bicyclic) bond motifs is 1. The zero-order valence-corrected chi connectivity index (χ0v) is 13.8. The number of hydrogen-bond acceptors (Lipinski definition) is 3. The lowest BCUT2D eigenvalue weighted by Gasteiger charge is -2.09. The van der Waals surface area contributed by atoms with Gasteiger partial charge in [0.05, 0.1) is 28.5 Å². The average molecular weight is 353 g/mol. The minimum absolute atomic E-state index is 0.377. The summed E-state index contributed by atoms with van der Waals surface area (Å²) >= 11 is 1.49. The molecule has 0 atom stereocenters. The van der Waals surface area contributed by atoms with Crippen molar-refractivity contribution < 1.29 is 22.7 Å². The Kier molecular flexibility index (Phi) is 4.13. The third-order valence-electron chi connectivity index (χ3n) is 3.80. The Balaban J connectivity index is 1.97. The van der Waals surface area contributed by atoms with Gasteiger partial charge >= 0.3 is 12.1 Å². The van der Waals surface area contributed by atoms with Crippen molar-refractivity contribution in [2.75, 3.05) is 7.11 Å². The van der Waals surface area contributed by atoms with Gasteiger partial charge in [-0.25, -0.2) is 4.79 Å². The first-order valence-corrected chi connectivity index (χ1v) is 7.95. The van der Waals surface area contributed by atoms with Crippen LogP contribution in [0.4, 0.5) is 13.2 Å². The fraction of sp³-hybridized carbons (Fsp3) is 0.235. The number of nitrogens with zero attached hydrogens (tertiary/aromatic N) is 1. The van der Waals surface area contributed by atoms with Crippen molar-refractivity contribution in [3.05, 3.63) is 58.1 Å². The lowest BCUT2D eigenvalue weighted by Crippen LogP contribution is -2.07. The third-order valence-corrected chi connectivity index (χ3v) is 4.86. The zero-order chi connectivity index (χ0) is 17.5. The molecule has 0 amide bonds. The smallest absolute Gasteiger partial charge is 0.416 e. The predicted octanol–water partition coefficient (Wildman–Crippen LogP) is 4.86. The SMILES string of the molecule is COC(=O)c1c(C)sc2ccn(Cc3ccc(C(F)(F)F)cc3)c12. The van der Waals surface area contributed by atoms with E-state index in [4.69, 9.17) is 4.74 Å². The third kappa shape index (κ3) is 2.91. The molecule has 1 aromatic carbocycles. The molecular weight excluding hydrogens is 339 g/mol. The standard InChI is InChI=1S/C17H14F3NO2S/c1-10-14(16(22)23-2)15-13(24-10)7-8-21(15)9-11-3-5-12(6-4-11)17(18,19)20/h3-8H,9H2,1-2H3. The van der Waals surface area contributed by atoms with Gasteiger partial charge < -0.3 is 9.30 Å². The van der Waals surface area contributed by atoms with Gasteiger partial charge in [0.15, 0.2) is 0 Å². The molecule has 2 heterocycles. The number of benzene rings is 1. The van der Waals surface area contributed by atoms with Gasteiger partial charge in [0.25, 0.3) is 0 Å². The highest BCUT2D eigenvalue weighted by molar-refractivity contribution is 7.19. The van der Waals surface area contributed by atoms with Crippen LogP contribution in [0.2, 0.25) is 0 Å². The maximum Gasteiger partial charge on any atom is 0.416 e. The van der Waals surface area contributed by atoms with Gasteiger partial charge in [0, 0.05) is 17.6 Å². The van der Waals surface area contributed by atoms with Crippen molar-refractivity contribution in [1.82, 2.24) is 4.57 Å². The Labute approximate surface area is 140 Å². The van der Waals surface area contributed by atoms with E-state index in [-0.39, 0.29) is 0 Å². The van der Waals surface area contributed by atoms with E-state index < -0.39 is 17.7 Å². The number of aromatic nitrogens is 1. The molecule has 0 saturated carbocycles. The summed E-state index contributed by atoms with van der Waals surface area (Å²) in [4.78, 5) is 12.9. The fourth-order valence-corrected chi connectivity index (χ4v) is 3.71. The highest BCUT2D eigenvalue weighted by Crippen LogP contribution is 2.33. The molecule has 0 saturated heterocycles.